The van der Waals surface area contributed by atoms with Crippen LogP contribution >= 0.6 is 0 Å². The molecule has 0 fully saturated rings. The third-order valence-corrected chi connectivity index (χ3v) is 8.41. The number of unbranched alkanes of at least 4 members (excludes halogenated alkanes) is 15. The number of hydrogen-bond acceptors (Lipinski definition) is 3. The van der Waals surface area contributed by atoms with Crippen LogP contribution in [0.15, 0.2) is 11.8 Å². The van der Waals surface area contributed by atoms with Crippen molar-refractivity contribution in [2.75, 3.05) is 19.8 Å². The molecule has 0 rings (SSSR count). The maximum absolute atomic E-state index is 6.48. The maximum atomic E-state index is 6.48. The first-order valence-electron chi connectivity index (χ1n) is 14.3. The summed E-state index contributed by atoms with van der Waals surface area (Å²) in [5, 5.41) is 0. The summed E-state index contributed by atoms with van der Waals surface area (Å²) in [4.78, 5) is 0. The fourth-order valence-corrected chi connectivity index (χ4v) is 6.05. The van der Waals surface area contributed by atoms with Crippen molar-refractivity contribution in [3.63, 3.8) is 0 Å². The molecule has 0 spiro atoms. The molecule has 0 amide bonds. The van der Waals surface area contributed by atoms with Gasteiger partial charge in [0.1, 0.15) is 0 Å². The molecule has 0 aliphatic heterocycles. The lowest BCUT2D eigenvalue weighted by molar-refractivity contribution is 0.0672. The van der Waals surface area contributed by atoms with Gasteiger partial charge >= 0.3 is 8.80 Å². The third-order valence-electron chi connectivity index (χ3n) is 5.95. The number of hydrogen-bond donors (Lipinski definition) is 0. The Morgan fingerprint density at radius 1 is 0.438 bits per heavy atom. The zero-order valence-electron chi connectivity index (χ0n) is 22.4. The minimum atomic E-state index is -2.74. The molecule has 0 N–H and O–H groups in total. The molecule has 0 aromatic heterocycles. The van der Waals surface area contributed by atoms with Crippen molar-refractivity contribution < 1.29 is 13.3 Å². The summed E-state index contributed by atoms with van der Waals surface area (Å²) < 4.78 is 19.4. The van der Waals surface area contributed by atoms with Crippen molar-refractivity contribution in [3.05, 3.63) is 11.8 Å². The van der Waals surface area contributed by atoms with Crippen LogP contribution in [-0.2, 0) is 13.3 Å². The Morgan fingerprint density at radius 2 is 0.781 bits per heavy atom. The van der Waals surface area contributed by atoms with Gasteiger partial charge in [-0.25, -0.2) is 0 Å². The van der Waals surface area contributed by atoms with Gasteiger partial charge in [0.15, 0.2) is 0 Å². The summed E-state index contributed by atoms with van der Waals surface area (Å²) >= 11 is 0. The Bertz CT molecular complexity index is 346. The average Bonchev–Trinajstić information content (AvgIpc) is 2.80. The molecule has 0 aliphatic carbocycles. The lowest BCUT2D eigenvalue weighted by atomic mass is 10.2. The van der Waals surface area contributed by atoms with E-state index in [-0.39, 0.29) is 0 Å². The van der Waals surface area contributed by atoms with Crippen LogP contribution in [0.5, 0.6) is 0 Å². The van der Waals surface area contributed by atoms with E-state index in [4.69, 9.17) is 13.3 Å². The second-order valence-electron chi connectivity index (χ2n) is 9.29. The highest BCUT2D eigenvalue weighted by atomic mass is 28.4. The van der Waals surface area contributed by atoms with Gasteiger partial charge in [-0.3, -0.25) is 0 Å². The van der Waals surface area contributed by atoms with Gasteiger partial charge in [-0.1, -0.05) is 124 Å². The van der Waals surface area contributed by atoms with E-state index in [9.17, 15) is 0 Å². The van der Waals surface area contributed by atoms with Gasteiger partial charge in [-0.2, -0.15) is 0 Å². The van der Waals surface area contributed by atoms with Gasteiger partial charge in [-0.05, 0) is 37.8 Å². The lowest BCUT2D eigenvalue weighted by Gasteiger charge is -2.27. The Labute approximate surface area is 203 Å². The van der Waals surface area contributed by atoms with E-state index < -0.39 is 8.80 Å². The standard InChI is InChI=1S/C28H58O3Si/c1-5-9-13-17-21-25-29-32(28-24-20-16-12-8-4,30-26-22-18-14-10-6-2)31-27-23-19-15-11-7-3/h24,28H,5-23,25-27H2,1-4H3. The highest BCUT2D eigenvalue weighted by Gasteiger charge is 2.38. The summed E-state index contributed by atoms with van der Waals surface area (Å²) in [5.74, 6) is 0. The molecule has 0 aliphatic rings. The molecule has 0 aromatic carbocycles. The highest BCUT2D eigenvalue weighted by Crippen LogP contribution is 2.18. The molecular weight excluding hydrogens is 412 g/mol. The lowest BCUT2D eigenvalue weighted by Crippen LogP contribution is -2.45. The van der Waals surface area contributed by atoms with Crippen molar-refractivity contribution >= 4 is 8.80 Å². The van der Waals surface area contributed by atoms with Gasteiger partial charge in [-0.15, -0.1) is 0 Å². The van der Waals surface area contributed by atoms with Crippen LogP contribution in [0.2, 0.25) is 0 Å². The molecule has 0 heterocycles. The summed E-state index contributed by atoms with van der Waals surface area (Å²) in [6.07, 6.45) is 25.9. The predicted molar refractivity (Wildman–Crippen MR) is 143 cm³/mol. The van der Waals surface area contributed by atoms with Crippen LogP contribution in [0.25, 0.3) is 0 Å². The van der Waals surface area contributed by atoms with Crippen LogP contribution in [0.1, 0.15) is 150 Å². The monoisotopic (exact) mass is 470 g/mol. The Morgan fingerprint density at radius 3 is 1.16 bits per heavy atom. The zero-order chi connectivity index (χ0) is 23.6. The van der Waals surface area contributed by atoms with E-state index in [1.54, 1.807) is 0 Å². The quantitative estimate of drug-likeness (QED) is 0.0930. The van der Waals surface area contributed by atoms with Crippen molar-refractivity contribution in [2.45, 2.75) is 150 Å². The first-order valence-corrected chi connectivity index (χ1v) is 16.1. The molecule has 0 atom stereocenters. The largest absolute Gasteiger partial charge is 0.529 e. The van der Waals surface area contributed by atoms with Gasteiger partial charge in [0, 0.05) is 19.8 Å². The predicted octanol–water partition coefficient (Wildman–Crippen LogP) is 9.56. The van der Waals surface area contributed by atoms with Crippen LogP contribution in [0.3, 0.4) is 0 Å². The molecule has 0 radical (unpaired) electrons. The van der Waals surface area contributed by atoms with Crippen molar-refractivity contribution in [3.8, 4) is 0 Å². The molecule has 32 heavy (non-hydrogen) atoms. The minimum Gasteiger partial charge on any atom is -0.370 e. The number of allylic oxidation sites excluding steroid dienone is 1. The van der Waals surface area contributed by atoms with E-state index >= 15 is 0 Å². The topological polar surface area (TPSA) is 27.7 Å². The second kappa shape index (κ2) is 25.5. The van der Waals surface area contributed by atoms with Crippen LogP contribution < -0.4 is 0 Å². The van der Waals surface area contributed by atoms with E-state index in [0.29, 0.717) is 0 Å². The number of rotatable bonds is 26. The van der Waals surface area contributed by atoms with Gasteiger partial charge in [0.25, 0.3) is 0 Å². The molecular formula is C28H58O3Si. The zero-order valence-corrected chi connectivity index (χ0v) is 23.4. The first kappa shape index (κ1) is 31.8. The fourth-order valence-electron chi connectivity index (χ4n) is 3.77. The molecule has 4 heteroatoms. The smallest absolute Gasteiger partial charge is 0.370 e. The summed E-state index contributed by atoms with van der Waals surface area (Å²) in [7, 11) is -2.74. The van der Waals surface area contributed by atoms with Crippen LogP contribution in [-0.4, -0.2) is 28.6 Å². The molecule has 0 bridgehead atoms. The molecule has 192 valence electrons. The highest BCUT2D eigenvalue weighted by molar-refractivity contribution is 6.66. The molecule has 0 unspecified atom stereocenters. The summed E-state index contributed by atoms with van der Waals surface area (Å²) in [6, 6.07) is 0. The Kier molecular flexibility index (Phi) is 25.3. The molecule has 0 saturated heterocycles. The van der Waals surface area contributed by atoms with Crippen molar-refractivity contribution in [2.24, 2.45) is 0 Å². The van der Waals surface area contributed by atoms with Gasteiger partial charge < -0.3 is 13.3 Å². The first-order chi connectivity index (χ1) is 15.7. The Hall–Kier alpha value is -0.163. The average molecular weight is 471 g/mol. The fraction of sp³-hybridized carbons (Fsp3) is 0.929. The van der Waals surface area contributed by atoms with E-state index in [1.165, 1.54) is 96.3 Å². The Balaban J connectivity index is 4.83. The second-order valence-corrected chi connectivity index (χ2v) is 11.7. The van der Waals surface area contributed by atoms with Gasteiger partial charge in [0.05, 0.1) is 0 Å². The molecule has 3 nitrogen and oxygen atoms in total. The van der Waals surface area contributed by atoms with Crippen LogP contribution in [0, 0.1) is 0 Å². The maximum Gasteiger partial charge on any atom is 0.529 e. The van der Waals surface area contributed by atoms with Gasteiger partial charge in [0.2, 0.25) is 0 Å². The van der Waals surface area contributed by atoms with Crippen molar-refractivity contribution in [1.82, 2.24) is 0 Å². The normalized spacial score (nSPS) is 12.2. The van der Waals surface area contributed by atoms with E-state index in [0.717, 1.165) is 45.5 Å². The third kappa shape index (κ3) is 20.4. The minimum absolute atomic E-state index is 0.765. The summed E-state index contributed by atoms with van der Waals surface area (Å²) in [5.41, 5.74) is 2.22. The summed E-state index contributed by atoms with van der Waals surface area (Å²) in [6.45, 7) is 11.3. The van der Waals surface area contributed by atoms with Crippen LogP contribution in [0.4, 0.5) is 0 Å². The molecule has 0 saturated carbocycles. The SMILES string of the molecule is CCCCCC=C[Si](OCCCCCCC)(OCCCCCCC)OCCCCCCC. The molecule has 0 aromatic rings. The van der Waals surface area contributed by atoms with Crippen molar-refractivity contribution in [1.29, 1.82) is 0 Å². The van der Waals surface area contributed by atoms with E-state index in [1.807, 2.05) is 0 Å². The van der Waals surface area contributed by atoms with E-state index in [2.05, 4.69) is 39.5 Å².